The third-order valence-electron chi connectivity index (χ3n) is 3.69. The van der Waals surface area contributed by atoms with Crippen molar-refractivity contribution in [2.45, 2.75) is 60.4 Å². The molecule has 0 atom stereocenters. The fourth-order valence-electron chi connectivity index (χ4n) is 2.14. The maximum absolute atomic E-state index is 5.76. The molecule has 0 bridgehead atoms. The van der Waals surface area contributed by atoms with Gasteiger partial charge in [-0.25, -0.2) is 9.97 Å². The van der Waals surface area contributed by atoms with Gasteiger partial charge in [-0.05, 0) is 30.4 Å². The average molecular weight is 299 g/mol. The van der Waals surface area contributed by atoms with Crippen LogP contribution in [0.25, 0.3) is 11.4 Å². The van der Waals surface area contributed by atoms with Crippen molar-refractivity contribution in [3.05, 3.63) is 46.8 Å². The van der Waals surface area contributed by atoms with E-state index in [1.54, 1.807) is 0 Å². The van der Waals surface area contributed by atoms with E-state index < -0.39 is 0 Å². The minimum absolute atomic E-state index is 0.158. The van der Waals surface area contributed by atoms with Crippen LogP contribution in [0.5, 0.6) is 0 Å². The predicted molar refractivity (Wildman–Crippen MR) is 94.9 cm³/mol. The highest BCUT2D eigenvalue weighted by Crippen LogP contribution is 2.25. The van der Waals surface area contributed by atoms with Crippen LogP contribution in [0.1, 0.15) is 57.1 Å². The number of nitrogens with two attached hydrogens (primary N) is 1. The van der Waals surface area contributed by atoms with Crippen LogP contribution in [0.2, 0.25) is 0 Å². The molecule has 120 valence electrons. The molecule has 0 radical (unpaired) electrons. The molecular formula is C19H29N3. The predicted octanol–water partition coefficient (Wildman–Crippen LogP) is 4.54. The molecule has 1 aromatic carbocycles. The van der Waals surface area contributed by atoms with Crippen LogP contribution in [0.4, 0.5) is 0 Å². The maximum atomic E-state index is 5.76. The third kappa shape index (κ3) is 4.14. The van der Waals surface area contributed by atoms with Crippen molar-refractivity contribution >= 4 is 0 Å². The van der Waals surface area contributed by atoms with Gasteiger partial charge in [-0.15, -0.1) is 0 Å². The van der Waals surface area contributed by atoms with Gasteiger partial charge in [0.1, 0.15) is 0 Å². The summed E-state index contributed by atoms with van der Waals surface area (Å²) in [6, 6.07) is 8.47. The number of hydrogen-bond donors (Lipinski definition) is 1. The molecule has 0 fully saturated rings. The quantitative estimate of drug-likeness (QED) is 0.885. The van der Waals surface area contributed by atoms with E-state index >= 15 is 0 Å². The molecule has 2 N–H and O–H groups in total. The van der Waals surface area contributed by atoms with Gasteiger partial charge in [-0.2, -0.15) is 0 Å². The van der Waals surface area contributed by atoms with Crippen molar-refractivity contribution in [2.24, 2.45) is 5.73 Å². The molecule has 22 heavy (non-hydrogen) atoms. The number of aryl methyl sites for hydroxylation is 1. The number of benzene rings is 1. The standard InChI is InChI=1S/C17H23N3.C2H6/c1-11-12(2)19-16(20-15(11)10-18)13-6-8-14(9-7-13)17(3,4)5;1-2/h6-9H,10,18H2,1-5H3;1-2H3. The summed E-state index contributed by atoms with van der Waals surface area (Å²) in [7, 11) is 0. The van der Waals surface area contributed by atoms with Gasteiger partial charge in [0, 0.05) is 17.8 Å². The van der Waals surface area contributed by atoms with Crippen molar-refractivity contribution in [3.8, 4) is 11.4 Å². The van der Waals surface area contributed by atoms with E-state index in [-0.39, 0.29) is 5.41 Å². The lowest BCUT2D eigenvalue weighted by Gasteiger charge is -2.19. The van der Waals surface area contributed by atoms with Crippen molar-refractivity contribution in [1.29, 1.82) is 0 Å². The Bertz CT molecular complexity index is 608. The third-order valence-corrected chi connectivity index (χ3v) is 3.69. The monoisotopic (exact) mass is 299 g/mol. The number of hydrogen-bond acceptors (Lipinski definition) is 3. The summed E-state index contributed by atoms with van der Waals surface area (Å²) in [6.45, 7) is 15.1. The summed E-state index contributed by atoms with van der Waals surface area (Å²) in [5, 5.41) is 0. The van der Waals surface area contributed by atoms with E-state index in [9.17, 15) is 0 Å². The highest BCUT2D eigenvalue weighted by Gasteiger charge is 2.14. The molecule has 0 spiro atoms. The Balaban J connectivity index is 0.00000116. The summed E-state index contributed by atoms with van der Waals surface area (Å²) < 4.78 is 0. The molecular weight excluding hydrogens is 270 g/mol. The largest absolute Gasteiger partial charge is 0.325 e. The summed E-state index contributed by atoms with van der Waals surface area (Å²) in [5.74, 6) is 0.758. The van der Waals surface area contributed by atoms with Crippen LogP contribution in [-0.4, -0.2) is 9.97 Å². The first kappa shape index (κ1) is 18.3. The second kappa shape index (κ2) is 7.50. The second-order valence-corrected chi connectivity index (χ2v) is 6.24. The zero-order valence-electron chi connectivity index (χ0n) is 15.0. The highest BCUT2D eigenvalue weighted by molar-refractivity contribution is 5.56. The molecule has 2 rings (SSSR count). The van der Waals surface area contributed by atoms with Gasteiger partial charge >= 0.3 is 0 Å². The number of rotatable bonds is 2. The van der Waals surface area contributed by atoms with E-state index in [4.69, 9.17) is 5.73 Å². The SMILES string of the molecule is CC.Cc1nc(-c2ccc(C(C)(C)C)cc2)nc(CN)c1C. The van der Waals surface area contributed by atoms with Gasteiger partial charge in [0.2, 0.25) is 0 Å². The molecule has 0 amide bonds. The minimum Gasteiger partial charge on any atom is -0.325 e. The lowest BCUT2D eigenvalue weighted by molar-refractivity contribution is 0.590. The van der Waals surface area contributed by atoms with Gasteiger partial charge < -0.3 is 5.73 Å². The zero-order valence-corrected chi connectivity index (χ0v) is 15.0. The molecule has 0 aliphatic carbocycles. The van der Waals surface area contributed by atoms with Crippen molar-refractivity contribution in [1.82, 2.24) is 9.97 Å². The lowest BCUT2D eigenvalue weighted by Crippen LogP contribution is -2.11. The van der Waals surface area contributed by atoms with Crippen LogP contribution in [-0.2, 0) is 12.0 Å². The van der Waals surface area contributed by atoms with E-state index in [2.05, 4.69) is 55.0 Å². The van der Waals surface area contributed by atoms with Gasteiger partial charge in [0.15, 0.2) is 5.82 Å². The van der Waals surface area contributed by atoms with E-state index in [0.717, 1.165) is 28.3 Å². The topological polar surface area (TPSA) is 51.8 Å². The molecule has 1 aromatic heterocycles. The maximum Gasteiger partial charge on any atom is 0.159 e. The molecule has 0 saturated heterocycles. The van der Waals surface area contributed by atoms with E-state index in [1.807, 2.05) is 27.7 Å². The molecule has 0 aliphatic rings. The van der Waals surface area contributed by atoms with Crippen molar-refractivity contribution < 1.29 is 0 Å². The second-order valence-electron chi connectivity index (χ2n) is 6.24. The number of nitrogens with zero attached hydrogens (tertiary/aromatic N) is 2. The molecule has 0 saturated carbocycles. The number of aromatic nitrogens is 2. The Kier molecular flexibility index (Phi) is 6.24. The van der Waals surface area contributed by atoms with Gasteiger partial charge in [-0.3, -0.25) is 0 Å². The van der Waals surface area contributed by atoms with Crippen molar-refractivity contribution in [3.63, 3.8) is 0 Å². The van der Waals surface area contributed by atoms with Crippen LogP contribution in [0.15, 0.2) is 24.3 Å². The molecule has 3 heteroatoms. The summed E-state index contributed by atoms with van der Waals surface area (Å²) in [5.41, 5.74) is 11.3. The smallest absolute Gasteiger partial charge is 0.159 e. The Morgan fingerprint density at radius 3 is 1.95 bits per heavy atom. The Hall–Kier alpha value is -1.74. The first-order chi connectivity index (χ1) is 10.3. The fraction of sp³-hybridized carbons (Fsp3) is 0.474. The molecule has 0 aliphatic heterocycles. The summed E-state index contributed by atoms with van der Waals surface area (Å²) in [6.07, 6.45) is 0. The average Bonchev–Trinajstić information content (AvgIpc) is 2.51. The van der Waals surface area contributed by atoms with E-state index in [1.165, 1.54) is 5.56 Å². The van der Waals surface area contributed by atoms with Gasteiger partial charge in [-0.1, -0.05) is 58.9 Å². The molecule has 2 aromatic rings. The first-order valence-electron chi connectivity index (χ1n) is 7.98. The van der Waals surface area contributed by atoms with Crippen LogP contribution >= 0.6 is 0 Å². The van der Waals surface area contributed by atoms with Crippen molar-refractivity contribution in [2.75, 3.05) is 0 Å². The van der Waals surface area contributed by atoms with Gasteiger partial charge in [0.05, 0.1) is 5.69 Å². The minimum atomic E-state index is 0.158. The molecule has 1 heterocycles. The fourth-order valence-corrected chi connectivity index (χ4v) is 2.14. The zero-order chi connectivity index (χ0) is 16.9. The van der Waals surface area contributed by atoms with Crippen LogP contribution in [0.3, 0.4) is 0 Å². The molecule has 0 unspecified atom stereocenters. The van der Waals surface area contributed by atoms with Gasteiger partial charge in [0.25, 0.3) is 0 Å². The Labute approximate surface area is 135 Å². The highest BCUT2D eigenvalue weighted by atomic mass is 14.9. The lowest BCUT2D eigenvalue weighted by atomic mass is 9.86. The van der Waals surface area contributed by atoms with Crippen LogP contribution in [0, 0.1) is 13.8 Å². The Morgan fingerprint density at radius 1 is 0.955 bits per heavy atom. The van der Waals surface area contributed by atoms with E-state index in [0.29, 0.717) is 6.54 Å². The molecule has 3 nitrogen and oxygen atoms in total. The van der Waals surface area contributed by atoms with Crippen LogP contribution < -0.4 is 5.73 Å². The summed E-state index contributed by atoms with van der Waals surface area (Å²) >= 11 is 0. The summed E-state index contributed by atoms with van der Waals surface area (Å²) in [4.78, 5) is 9.15. The normalized spacial score (nSPS) is 10.9. The first-order valence-corrected chi connectivity index (χ1v) is 7.98. The Morgan fingerprint density at radius 2 is 1.50 bits per heavy atom.